The Bertz CT molecular complexity index is 488. The number of anilines is 1. The Labute approximate surface area is 110 Å². The van der Waals surface area contributed by atoms with Crippen molar-refractivity contribution >= 4 is 5.69 Å². The number of nitrogens with zero attached hydrogens (tertiary/aromatic N) is 1. The van der Waals surface area contributed by atoms with Crippen LogP contribution in [0.3, 0.4) is 0 Å². The molecule has 1 spiro atoms. The zero-order valence-electron chi connectivity index (χ0n) is 10.8. The third-order valence-electron chi connectivity index (χ3n) is 4.48. The largest absolute Gasteiger partial charge is 0.416 e. The summed E-state index contributed by atoms with van der Waals surface area (Å²) < 4.78 is 38.5. The first-order chi connectivity index (χ1) is 8.91. The van der Waals surface area contributed by atoms with E-state index in [4.69, 9.17) is 0 Å². The maximum absolute atomic E-state index is 12.8. The number of hydrogen-bond acceptors (Lipinski definition) is 2. The second-order valence-electron chi connectivity index (χ2n) is 5.70. The fraction of sp³-hybridized carbons (Fsp3) is 0.571. The van der Waals surface area contributed by atoms with Crippen LogP contribution in [0.1, 0.15) is 24.0 Å². The summed E-state index contributed by atoms with van der Waals surface area (Å²) in [6, 6.07) is 4.09. The van der Waals surface area contributed by atoms with Gasteiger partial charge in [0.2, 0.25) is 0 Å². The molecule has 0 atom stereocenters. The lowest BCUT2D eigenvalue weighted by atomic mass is 9.74. The lowest BCUT2D eigenvalue weighted by molar-refractivity contribution is -0.137. The zero-order valence-corrected chi connectivity index (χ0v) is 10.8. The SMILES string of the molecule is CN1CCC2(CC1)CNc1ccc(C(F)(F)F)cc12. The van der Waals surface area contributed by atoms with E-state index in [1.54, 1.807) is 6.07 Å². The van der Waals surface area contributed by atoms with Crippen LogP contribution in [0.4, 0.5) is 18.9 Å². The summed E-state index contributed by atoms with van der Waals surface area (Å²) in [5.41, 5.74) is 1.09. The molecule has 0 radical (unpaired) electrons. The van der Waals surface area contributed by atoms with Gasteiger partial charge in [-0.25, -0.2) is 0 Å². The highest BCUT2D eigenvalue weighted by Gasteiger charge is 2.42. The Morgan fingerprint density at radius 3 is 2.53 bits per heavy atom. The van der Waals surface area contributed by atoms with Crippen molar-refractivity contribution < 1.29 is 13.2 Å². The molecule has 2 aliphatic heterocycles. The molecule has 0 aliphatic carbocycles. The highest BCUT2D eigenvalue weighted by atomic mass is 19.4. The van der Waals surface area contributed by atoms with Crippen molar-refractivity contribution in [3.8, 4) is 0 Å². The molecule has 5 heteroatoms. The van der Waals surface area contributed by atoms with E-state index in [0.717, 1.165) is 43.7 Å². The van der Waals surface area contributed by atoms with Gasteiger partial charge in [-0.05, 0) is 56.7 Å². The number of halogens is 3. The Morgan fingerprint density at radius 1 is 1.21 bits per heavy atom. The molecule has 1 aromatic carbocycles. The molecule has 1 saturated heterocycles. The first-order valence-corrected chi connectivity index (χ1v) is 6.55. The average Bonchev–Trinajstić information content (AvgIpc) is 2.71. The molecule has 0 unspecified atom stereocenters. The number of fused-ring (bicyclic) bond motifs is 2. The van der Waals surface area contributed by atoms with Crippen molar-refractivity contribution in [2.45, 2.75) is 24.4 Å². The summed E-state index contributed by atoms with van der Waals surface area (Å²) in [6.45, 7) is 2.65. The number of likely N-dealkylation sites (tertiary alicyclic amines) is 1. The topological polar surface area (TPSA) is 15.3 Å². The number of hydrogen-bond donors (Lipinski definition) is 1. The number of nitrogens with one attached hydrogen (secondary N) is 1. The molecule has 1 fully saturated rings. The van der Waals surface area contributed by atoms with E-state index in [-0.39, 0.29) is 5.41 Å². The van der Waals surface area contributed by atoms with E-state index in [2.05, 4.69) is 17.3 Å². The lowest BCUT2D eigenvalue weighted by Gasteiger charge is -2.38. The van der Waals surface area contributed by atoms with Gasteiger partial charge in [0, 0.05) is 17.6 Å². The molecule has 2 heterocycles. The van der Waals surface area contributed by atoms with Crippen LogP contribution in [0, 0.1) is 0 Å². The minimum atomic E-state index is -4.26. The van der Waals surface area contributed by atoms with Gasteiger partial charge >= 0.3 is 6.18 Å². The van der Waals surface area contributed by atoms with Crippen molar-refractivity contribution in [3.05, 3.63) is 29.3 Å². The molecule has 0 aromatic heterocycles. The van der Waals surface area contributed by atoms with Crippen molar-refractivity contribution in [1.82, 2.24) is 4.90 Å². The summed E-state index contributed by atoms with van der Waals surface area (Å²) in [4.78, 5) is 2.23. The van der Waals surface area contributed by atoms with E-state index >= 15 is 0 Å². The summed E-state index contributed by atoms with van der Waals surface area (Å²) in [5.74, 6) is 0. The summed E-state index contributed by atoms with van der Waals surface area (Å²) in [7, 11) is 2.06. The van der Waals surface area contributed by atoms with Gasteiger partial charge in [-0.15, -0.1) is 0 Å². The second-order valence-corrected chi connectivity index (χ2v) is 5.70. The molecular formula is C14H17F3N2. The summed E-state index contributed by atoms with van der Waals surface area (Å²) >= 11 is 0. The number of rotatable bonds is 0. The Kier molecular flexibility index (Phi) is 2.78. The molecule has 0 saturated carbocycles. The highest BCUT2D eigenvalue weighted by molar-refractivity contribution is 5.62. The maximum atomic E-state index is 12.8. The molecular weight excluding hydrogens is 253 g/mol. The van der Waals surface area contributed by atoms with Gasteiger partial charge < -0.3 is 10.2 Å². The van der Waals surface area contributed by atoms with Crippen molar-refractivity contribution in [2.24, 2.45) is 0 Å². The Morgan fingerprint density at radius 2 is 1.89 bits per heavy atom. The van der Waals surface area contributed by atoms with Crippen LogP contribution in [-0.4, -0.2) is 31.6 Å². The fourth-order valence-corrected chi connectivity index (χ4v) is 3.17. The third-order valence-corrected chi connectivity index (χ3v) is 4.48. The van der Waals surface area contributed by atoms with Crippen molar-refractivity contribution in [1.29, 1.82) is 0 Å². The van der Waals surface area contributed by atoms with Crippen LogP contribution in [0.5, 0.6) is 0 Å². The normalized spacial score (nSPS) is 22.3. The van der Waals surface area contributed by atoms with E-state index < -0.39 is 11.7 Å². The van der Waals surface area contributed by atoms with Crippen LogP contribution in [0.2, 0.25) is 0 Å². The Hall–Kier alpha value is -1.23. The van der Waals surface area contributed by atoms with Gasteiger partial charge in [-0.1, -0.05) is 0 Å². The maximum Gasteiger partial charge on any atom is 0.416 e. The molecule has 104 valence electrons. The monoisotopic (exact) mass is 270 g/mol. The van der Waals surface area contributed by atoms with Gasteiger partial charge in [0.05, 0.1) is 5.56 Å². The second kappa shape index (κ2) is 4.13. The standard InChI is InChI=1S/C14H17F3N2/c1-19-6-4-13(5-7-19)9-18-12-3-2-10(8-11(12)13)14(15,16)17/h2-3,8,18H,4-7,9H2,1H3. The van der Waals surface area contributed by atoms with Crippen LogP contribution >= 0.6 is 0 Å². The average molecular weight is 270 g/mol. The highest BCUT2D eigenvalue weighted by Crippen LogP contribution is 2.45. The summed E-state index contributed by atoms with van der Waals surface area (Å²) in [5, 5.41) is 3.27. The van der Waals surface area contributed by atoms with E-state index in [1.807, 2.05) is 0 Å². The lowest BCUT2D eigenvalue weighted by Crippen LogP contribution is -2.42. The van der Waals surface area contributed by atoms with Crippen LogP contribution in [0.25, 0.3) is 0 Å². The third kappa shape index (κ3) is 2.10. The predicted octanol–water partition coefficient (Wildman–Crippen LogP) is 3.09. The molecule has 3 rings (SSSR count). The van der Waals surface area contributed by atoms with E-state index in [9.17, 15) is 13.2 Å². The van der Waals surface area contributed by atoms with Gasteiger partial charge in [-0.3, -0.25) is 0 Å². The number of piperidine rings is 1. The quantitative estimate of drug-likeness (QED) is 0.779. The smallest absolute Gasteiger partial charge is 0.384 e. The summed E-state index contributed by atoms with van der Waals surface area (Å²) in [6.07, 6.45) is -2.42. The van der Waals surface area contributed by atoms with Crippen LogP contribution in [0.15, 0.2) is 18.2 Å². The first-order valence-electron chi connectivity index (χ1n) is 6.55. The van der Waals surface area contributed by atoms with Crippen LogP contribution < -0.4 is 5.32 Å². The van der Waals surface area contributed by atoms with Crippen molar-refractivity contribution in [3.63, 3.8) is 0 Å². The molecule has 2 nitrogen and oxygen atoms in total. The van der Waals surface area contributed by atoms with Gasteiger partial charge in [0.1, 0.15) is 0 Å². The Balaban J connectivity index is 1.99. The number of benzene rings is 1. The van der Waals surface area contributed by atoms with Gasteiger partial charge in [0.25, 0.3) is 0 Å². The predicted molar refractivity (Wildman–Crippen MR) is 68.3 cm³/mol. The minimum absolute atomic E-state index is 0.108. The molecule has 1 N–H and O–H groups in total. The molecule has 0 bridgehead atoms. The molecule has 1 aromatic rings. The van der Waals surface area contributed by atoms with Gasteiger partial charge in [0.15, 0.2) is 0 Å². The first kappa shape index (κ1) is 12.8. The minimum Gasteiger partial charge on any atom is -0.384 e. The van der Waals surface area contributed by atoms with Gasteiger partial charge in [-0.2, -0.15) is 13.2 Å². The molecule has 0 amide bonds. The van der Waals surface area contributed by atoms with E-state index in [0.29, 0.717) is 0 Å². The van der Waals surface area contributed by atoms with Crippen LogP contribution in [-0.2, 0) is 11.6 Å². The van der Waals surface area contributed by atoms with E-state index in [1.165, 1.54) is 12.1 Å². The number of alkyl halides is 3. The molecule has 19 heavy (non-hydrogen) atoms. The molecule has 2 aliphatic rings. The zero-order chi connectivity index (χ0) is 13.7. The fourth-order valence-electron chi connectivity index (χ4n) is 3.17. The van der Waals surface area contributed by atoms with Crippen molar-refractivity contribution in [2.75, 3.05) is 32.0 Å².